The summed E-state index contributed by atoms with van der Waals surface area (Å²) in [7, 11) is 0. The number of allylic oxidation sites excluding steroid dienone is 1. The van der Waals surface area contributed by atoms with E-state index in [-0.39, 0.29) is 6.04 Å². The fourth-order valence-corrected chi connectivity index (χ4v) is 3.61. The summed E-state index contributed by atoms with van der Waals surface area (Å²) in [6, 6.07) is 36.5. The van der Waals surface area contributed by atoms with Crippen molar-refractivity contribution in [1.29, 1.82) is 0 Å². The Hall–Kier alpha value is -3.45. The Kier molecular flexibility index (Phi) is 5.16. The van der Waals surface area contributed by atoms with Gasteiger partial charge >= 0.3 is 0 Å². The summed E-state index contributed by atoms with van der Waals surface area (Å²) in [5.74, 6) is 0. The third-order valence-corrected chi connectivity index (χ3v) is 5.10. The Morgan fingerprint density at radius 2 is 1.00 bits per heavy atom. The number of rotatable bonds is 5. The minimum atomic E-state index is 0.162. The molecule has 0 aliphatic carbocycles. The van der Waals surface area contributed by atoms with Crippen LogP contribution in [0.3, 0.4) is 0 Å². The van der Waals surface area contributed by atoms with Crippen molar-refractivity contribution in [2.24, 2.45) is 0 Å². The highest BCUT2D eigenvalue weighted by molar-refractivity contribution is 5.73. The van der Waals surface area contributed by atoms with Crippen LogP contribution in [0.15, 0.2) is 116 Å². The molecule has 0 amide bonds. The van der Waals surface area contributed by atoms with Gasteiger partial charge in [0.1, 0.15) is 0 Å². The minimum absolute atomic E-state index is 0.162. The van der Waals surface area contributed by atoms with Crippen molar-refractivity contribution in [3.63, 3.8) is 0 Å². The van der Waals surface area contributed by atoms with Gasteiger partial charge in [-0.1, -0.05) is 73.3 Å². The van der Waals surface area contributed by atoms with Crippen molar-refractivity contribution < 1.29 is 4.57 Å². The van der Waals surface area contributed by atoms with Gasteiger partial charge in [0, 0.05) is 30.2 Å². The number of hydrogen-bond donors (Lipinski definition) is 0. The second-order valence-electron chi connectivity index (χ2n) is 6.96. The normalized spacial score (nSPS) is 11.8. The monoisotopic (exact) mass is 362 g/mol. The van der Waals surface area contributed by atoms with E-state index in [0.717, 1.165) is 0 Å². The Morgan fingerprint density at radius 1 is 0.607 bits per heavy atom. The van der Waals surface area contributed by atoms with Crippen molar-refractivity contribution >= 4 is 0 Å². The topological polar surface area (TPSA) is 3.88 Å². The van der Waals surface area contributed by atoms with E-state index < -0.39 is 0 Å². The minimum Gasteiger partial charge on any atom is -0.185 e. The molecular weight excluding hydrogens is 338 g/mol. The van der Waals surface area contributed by atoms with Gasteiger partial charge in [-0.25, -0.2) is 0 Å². The van der Waals surface area contributed by atoms with Crippen LogP contribution in [0.1, 0.15) is 13.0 Å². The highest BCUT2D eigenvalue weighted by Crippen LogP contribution is 2.30. The lowest BCUT2D eigenvalue weighted by Gasteiger charge is -2.15. The van der Waals surface area contributed by atoms with Crippen molar-refractivity contribution in [1.82, 2.24) is 0 Å². The second-order valence-corrected chi connectivity index (χ2v) is 6.96. The number of hydrogen-bond acceptors (Lipinski definition) is 0. The van der Waals surface area contributed by atoms with Crippen molar-refractivity contribution in [3.8, 4) is 33.6 Å². The molecule has 0 aliphatic rings. The molecule has 136 valence electrons. The molecule has 4 aromatic rings. The first kappa shape index (κ1) is 17.9. The van der Waals surface area contributed by atoms with E-state index in [9.17, 15) is 0 Å². The van der Waals surface area contributed by atoms with E-state index >= 15 is 0 Å². The highest BCUT2D eigenvalue weighted by atomic mass is 15.0. The molecule has 1 heteroatoms. The van der Waals surface area contributed by atoms with Crippen molar-refractivity contribution in [3.05, 3.63) is 116 Å². The summed E-state index contributed by atoms with van der Waals surface area (Å²) in [4.78, 5) is 0. The average Bonchev–Trinajstić information content (AvgIpc) is 2.79. The summed E-state index contributed by atoms with van der Waals surface area (Å²) in [5, 5.41) is 0. The van der Waals surface area contributed by atoms with Gasteiger partial charge in [-0.2, -0.15) is 4.57 Å². The lowest BCUT2D eigenvalue weighted by molar-refractivity contribution is -0.687. The standard InChI is InChI=1S/C27H24N/c1-3-21(2)28-26(23-15-9-5-10-16-23)19-25(22-13-7-4-8-14-22)20-27(28)24-17-11-6-12-18-24/h3-21H,1H2,2H3/q+1. The molecule has 3 aromatic carbocycles. The van der Waals surface area contributed by atoms with Crippen molar-refractivity contribution in [2.45, 2.75) is 13.0 Å². The summed E-state index contributed by atoms with van der Waals surface area (Å²) < 4.78 is 2.38. The van der Waals surface area contributed by atoms with Crippen LogP contribution in [0.4, 0.5) is 0 Å². The van der Waals surface area contributed by atoms with Crippen LogP contribution in [-0.4, -0.2) is 0 Å². The van der Waals surface area contributed by atoms with E-state index in [4.69, 9.17) is 0 Å². The molecule has 0 saturated carbocycles. The third-order valence-electron chi connectivity index (χ3n) is 5.10. The van der Waals surface area contributed by atoms with Gasteiger partial charge in [0.25, 0.3) is 0 Å². The molecule has 28 heavy (non-hydrogen) atoms. The fourth-order valence-electron chi connectivity index (χ4n) is 3.61. The predicted molar refractivity (Wildman–Crippen MR) is 118 cm³/mol. The van der Waals surface area contributed by atoms with E-state index in [0.29, 0.717) is 0 Å². The largest absolute Gasteiger partial charge is 0.214 e. The third kappa shape index (κ3) is 3.52. The van der Waals surface area contributed by atoms with E-state index in [1.54, 1.807) is 0 Å². The zero-order valence-corrected chi connectivity index (χ0v) is 16.1. The molecule has 1 aromatic heterocycles. The van der Waals surface area contributed by atoms with Gasteiger partial charge < -0.3 is 0 Å². The van der Waals surface area contributed by atoms with Gasteiger partial charge in [-0.15, -0.1) is 0 Å². The molecule has 0 fully saturated rings. The molecule has 1 unspecified atom stereocenters. The quantitative estimate of drug-likeness (QED) is 0.274. The number of benzene rings is 3. The number of aromatic nitrogens is 1. The molecule has 0 spiro atoms. The molecule has 4 rings (SSSR count). The Morgan fingerprint density at radius 3 is 1.39 bits per heavy atom. The molecular formula is C27H24N+. The Balaban J connectivity index is 2.06. The summed E-state index contributed by atoms with van der Waals surface area (Å²) in [6.07, 6.45) is 2.00. The lowest BCUT2D eigenvalue weighted by atomic mass is 9.98. The van der Waals surface area contributed by atoms with E-state index in [2.05, 4.69) is 121 Å². The predicted octanol–water partition coefficient (Wildman–Crippen LogP) is 6.72. The smallest absolute Gasteiger partial charge is 0.185 e. The first-order valence-corrected chi connectivity index (χ1v) is 9.66. The van der Waals surface area contributed by atoms with Crippen LogP contribution in [-0.2, 0) is 0 Å². The van der Waals surface area contributed by atoms with Crippen LogP contribution in [0.5, 0.6) is 0 Å². The summed E-state index contributed by atoms with van der Waals surface area (Å²) in [6.45, 7) is 6.25. The molecule has 1 atom stereocenters. The zero-order chi connectivity index (χ0) is 19.3. The maximum atomic E-state index is 4.07. The van der Waals surface area contributed by atoms with Crippen LogP contribution in [0.25, 0.3) is 33.6 Å². The fraction of sp³-hybridized carbons (Fsp3) is 0.0741. The zero-order valence-electron chi connectivity index (χ0n) is 16.1. The maximum absolute atomic E-state index is 4.07. The van der Waals surface area contributed by atoms with E-state index in [1.165, 1.54) is 33.6 Å². The van der Waals surface area contributed by atoms with Crippen LogP contribution >= 0.6 is 0 Å². The number of nitrogens with zero attached hydrogens (tertiary/aromatic N) is 1. The SMILES string of the molecule is C=CC(C)[n+]1c(-c2ccccc2)cc(-c2ccccc2)cc1-c1ccccc1. The first-order valence-electron chi connectivity index (χ1n) is 9.66. The van der Waals surface area contributed by atoms with Gasteiger partial charge in [0.2, 0.25) is 11.4 Å². The van der Waals surface area contributed by atoms with E-state index in [1.807, 2.05) is 6.08 Å². The summed E-state index contributed by atoms with van der Waals surface area (Å²) in [5.41, 5.74) is 7.21. The lowest BCUT2D eigenvalue weighted by Crippen LogP contribution is -2.41. The molecule has 1 nitrogen and oxygen atoms in total. The van der Waals surface area contributed by atoms with Gasteiger partial charge in [0.05, 0.1) is 0 Å². The highest BCUT2D eigenvalue weighted by Gasteiger charge is 2.25. The molecule has 0 bridgehead atoms. The van der Waals surface area contributed by atoms with Gasteiger partial charge in [-0.05, 0) is 41.5 Å². The van der Waals surface area contributed by atoms with Gasteiger partial charge in [0.15, 0.2) is 6.04 Å². The molecule has 0 saturated heterocycles. The Labute approximate surface area is 167 Å². The van der Waals surface area contributed by atoms with Crippen molar-refractivity contribution in [2.75, 3.05) is 0 Å². The molecule has 1 heterocycles. The summed E-state index contributed by atoms with van der Waals surface area (Å²) >= 11 is 0. The Bertz CT molecular complexity index is 1010. The van der Waals surface area contributed by atoms with Crippen LogP contribution < -0.4 is 4.57 Å². The van der Waals surface area contributed by atoms with Crippen LogP contribution in [0, 0.1) is 0 Å². The molecule has 0 N–H and O–H groups in total. The number of pyridine rings is 1. The first-order chi connectivity index (χ1) is 13.8. The maximum Gasteiger partial charge on any atom is 0.214 e. The molecule has 0 aliphatic heterocycles. The van der Waals surface area contributed by atoms with Gasteiger partial charge in [-0.3, -0.25) is 0 Å². The average molecular weight is 362 g/mol. The van der Waals surface area contributed by atoms with Crippen LogP contribution in [0.2, 0.25) is 0 Å². The molecule has 0 radical (unpaired) electrons. The second kappa shape index (κ2) is 8.06.